The number of fused-ring (bicyclic) bond motifs is 1. The number of nitrogens with zero attached hydrogens (tertiary/aromatic N) is 1. The topological polar surface area (TPSA) is 100 Å². The smallest absolute Gasteiger partial charge is 0.249 e. The molecule has 0 aliphatic carbocycles. The number of methoxy groups -OCH3 is 1. The van der Waals surface area contributed by atoms with Gasteiger partial charge in [0.15, 0.2) is 0 Å². The Hall–Kier alpha value is -3.87. The summed E-state index contributed by atoms with van der Waals surface area (Å²) in [5.41, 5.74) is 3.34. The third kappa shape index (κ3) is 4.64. The zero-order chi connectivity index (χ0) is 19.9. The Kier molecular flexibility index (Phi) is 5.86. The Balaban J connectivity index is 1.58. The van der Waals surface area contributed by atoms with Crippen LogP contribution in [0.15, 0.2) is 65.8 Å². The van der Waals surface area contributed by atoms with E-state index in [0.29, 0.717) is 17.0 Å². The molecule has 0 atom stereocenters. The number of hydrogen-bond donors (Lipinski definition) is 3. The molecular weight excluding hydrogens is 358 g/mol. The maximum Gasteiger partial charge on any atom is 0.249 e. The van der Waals surface area contributed by atoms with Gasteiger partial charge in [0.2, 0.25) is 11.8 Å². The van der Waals surface area contributed by atoms with E-state index in [2.05, 4.69) is 15.8 Å². The monoisotopic (exact) mass is 377 g/mol. The van der Waals surface area contributed by atoms with Gasteiger partial charge in [-0.2, -0.15) is 5.10 Å². The van der Waals surface area contributed by atoms with Gasteiger partial charge in [-0.3, -0.25) is 9.59 Å². The minimum atomic E-state index is -0.568. The minimum Gasteiger partial charge on any atom is -0.507 e. The van der Waals surface area contributed by atoms with Crippen LogP contribution in [0.2, 0.25) is 0 Å². The number of aromatic hydroxyl groups is 1. The molecule has 3 aromatic rings. The quantitative estimate of drug-likeness (QED) is 0.349. The fraction of sp³-hybridized carbons (Fsp3) is 0.0952. The molecule has 0 fully saturated rings. The molecule has 3 N–H and O–H groups in total. The van der Waals surface area contributed by atoms with Crippen LogP contribution in [0.1, 0.15) is 12.0 Å². The van der Waals surface area contributed by atoms with Crippen molar-refractivity contribution in [1.82, 2.24) is 5.43 Å². The fourth-order valence-corrected chi connectivity index (χ4v) is 2.65. The van der Waals surface area contributed by atoms with E-state index in [4.69, 9.17) is 4.74 Å². The summed E-state index contributed by atoms with van der Waals surface area (Å²) in [5.74, 6) is -0.316. The normalized spacial score (nSPS) is 10.8. The first-order valence-electron chi connectivity index (χ1n) is 8.53. The second-order valence-corrected chi connectivity index (χ2v) is 5.97. The van der Waals surface area contributed by atoms with E-state index in [0.717, 1.165) is 10.8 Å². The van der Waals surface area contributed by atoms with Crippen LogP contribution in [0.3, 0.4) is 0 Å². The van der Waals surface area contributed by atoms with E-state index in [9.17, 15) is 14.7 Å². The van der Waals surface area contributed by atoms with Crippen LogP contribution >= 0.6 is 0 Å². The summed E-state index contributed by atoms with van der Waals surface area (Å²) in [7, 11) is 1.55. The van der Waals surface area contributed by atoms with Crippen molar-refractivity contribution in [3.63, 3.8) is 0 Å². The summed E-state index contributed by atoms with van der Waals surface area (Å²) in [6.45, 7) is 0. The van der Waals surface area contributed by atoms with Crippen LogP contribution in [0, 0.1) is 0 Å². The maximum absolute atomic E-state index is 11.9. The molecule has 0 aromatic heterocycles. The van der Waals surface area contributed by atoms with Gasteiger partial charge in [-0.05, 0) is 41.1 Å². The molecular formula is C21H19N3O4. The molecule has 3 aromatic carbocycles. The number of carbonyl (C=O) groups excluding carboxylic acids is 2. The van der Waals surface area contributed by atoms with Gasteiger partial charge in [-0.25, -0.2) is 5.43 Å². The molecule has 142 valence electrons. The molecule has 7 heteroatoms. The zero-order valence-corrected chi connectivity index (χ0v) is 15.2. The number of carbonyl (C=O) groups is 2. The highest BCUT2D eigenvalue weighted by atomic mass is 16.5. The van der Waals surface area contributed by atoms with Gasteiger partial charge < -0.3 is 15.2 Å². The Morgan fingerprint density at radius 1 is 1.04 bits per heavy atom. The Morgan fingerprint density at radius 3 is 2.54 bits per heavy atom. The Bertz CT molecular complexity index is 1030. The summed E-state index contributed by atoms with van der Waals surface area (Å²) in [6, 6.07) is 17.6. The lowest BCUT2D eigenvalue weighted by Crippen LogP contribution is -2.24. The predicted octanol–water partition coefficient (Wildman–Crippen LogP) is 3.03. The predicted molar refractivity (Wildman–Crippen MR) is 108 cm³/mol. The number of nitrogens with one attached hydrogen (secondary N) is 2. The lowest BCUT2D eigenvalue weighted by atomic mass is 10.0. The fourth-order valence-electron chi connectivity index (χ4n) is 2.65. The molecule has 0 unspecified atom stereocenters. The van der Waals surface area contributed by atoms with Gasteiger partial charge in [0.1, 0.15) is 17.9 Å². The highest BCUT2D eigenvalue weighted by Crippen LogP contribution is 2.25. The van der Waals surface area contributed by atoms with Gasteiger partial charge in [0.25, 0.3) is 0 Å². The number of hydrogen-bond acceptors (Lipinski definition) is 5. The molecule has 3 rings (SSSR count). The average molecular weight is 377 g/mol. The number of benzene rings is 3. The van der Waals surface area contributed by atoms with Crippen LogP contribution in [-0.2, 0) is 9.59 Å². The third-order valence-electron chi connectivity index (χ3n) is 4.03. The standard InChI is InChI=1S/C21H19N3O4/c1-28-16-9-7-15(8-10-16)23-20(26)12-21(27)24-22-13-18-17-5-3-2-4-14(17)6-11-19(18)25/h2-11,13,25H,12H2,1H3,(H,23,26)(H,24,27)/b22-13+. The summed E-state index contributed by atoms with van der Waals surface area (Å²) in [5, 5.41) is 18.3. The van der Waals surface area contributed by atoms with Crippen molar-refractivity contribution in [1.29, 1.82) is 0 Å². The lowest BCUT2D eigenvalue weighted by molar-refractivity contribution is -0.126. The van der Waals surface area contributed by atoms with Crippen molar-refractivity contribution >= 4 is 34.5 Å². The second-order valence-electron chi connectivity index (χ2n) is 5.97. The summed E-state index contributed by atoms with van der Waals surface area (Å²) in [4.78, 5) is 23.9. The molecule has 0 heterocycles. The van der Waals surface area contributed by atoms with Crippen molar-refractivity contribution in [3.8, 4) is 11.5 Å². The molecule has 0 saturated carbocycles. The molecule has 0 bridgehead atoms. The second kappa shape index (κ2) is 8.68. The zero-order valence-electron chi connectivity index (χ0n) is 15.2. The van der Waals surface area contributed by atoms with E-state index in [1.54, 1.807) is 43.5 Å². The number of amides is 2. The van der Waals surface area contributed by atoms with Crippen LogP contribution in [0.4, 0.5) is 5.69 Å². The van der Waals surface area contributed by atoms with Gasteiger partial charge >= 0.3 is 0 Å². The number of anilines is 1. The van der Waals surface area contributed by atoms with Gasteiger partial charge in [0, 0.05) is 11.3 Å². The van der Waals surface area contributed by atoms with Crippen molar-refractivity contribution < 1.29 is 19.4 Å². The van der Waals surface area contributed by atoms with Crippen LogP contribution < -0.4 is 15.5 Å². The van der Waals surface area contributed by atoms with E-state index in [1.165, 1.54) is 6.21 Å². The first-order valence-corrected chi connectivity index (χ1v) is 8.53. The summed E-state index contributed by atoms with van der Waals surface area (Å²) in [6.07, 6.45) is 0.974. The maximum atomic E-state index is 11.9. The van der Waals surface area contributed by atoms with E-state index < -0.39 is 11.8 Å². The van der Waals surface area contributed by atoms with Crippen molar-refractivity contribution in [2.75, 3.05) is 12.4 Å². The first-order chi connectivity index (χ1) is 13.6. The number of ether oxygens (including phenoxy) is 1. The Labute approximate surface area is 161 Å². The van der Waals surface area contributed by atoms with E-state index in [1.807, 2.05) is 24.3 Å². The minimum absolute atomic E-state index is 0.0500. The summed E-state index contributed by atoms with van der Waals surface area (Å²) < 4.78 is 5.04. The van der Waals surface area contributed by atoms with Crippen molar-refractivity contribution in [3.05, 3.63) is 66.2 Å². The first kappa shape index (κ1) is 18.9. The third-order valence-corrected chi connectivity index (χ3v) is 4.03. The van der Waals surface area contributed by atoms with E-state index >= 15 is 0 Å². The molecule has 0 aliphatic rings. The van der Waals surface area contributed by atoms with E-state index in [-0.39, 0.29) is 12.2 Å². The molecule has 7 nitrogen and oxygen atoms in total. The molecule has 0 spiro atoms. The van der Waals surface area contributed by atoms with Crippen LogP contribution in [0.5, 0.6) is 11.5 Å². The highest BCUT2D eigenvalue weighted by molar-refractivity contribution is 6.05. The SMILES string of the molecule is COc1ccc(NC(=O)CC(=O)N/N=C/c2c(O)ccc3ccccc23)cc1. The van der Waals surface area contributed by atoms with Crippen molar-refractivity contribution in [2.45, 2.75) is 6.42 Å². The molecule has 0 aliphatic heterocycles. The molecule has 28 heavy (non-hydrogen) atoms. The van der Waals surface area contributed by atoms with Crippen LogP contribution in [0.25, 0.3) is 10.8 Å². The number of phenols is 1. The van der Waals surface area contributed by atoms with Gasteiger partial charge in [-0.15, -0.1) is 0 Å². The van der Waals surface area contributed by atoms with Crippen LogP contribution in [-0.4, -0.2) is 30.2 Å². The van der Waals surface area contributed by atoms with Gasteiger partial charge in [-0.1, -0.05) is 30.3 Å². The largest absolute Gasteiger partial charge is 0.507 e. The lowest BCUT2D eigenvalue weighted by Gasteiger charge is -2.06. The number of rotatable bonds is 6. The number of phenolic OH excluding ortho intramolecular Hbond substituents is 1. The summed E-state index contributed by atoms with van der Waals surface area (Å²) >= 11 is 0. The molecule has 0 radical (unpaired) electrons. The molecule has 2 amide bonds. The Morgan fingerprint density at radius 2 is 1.79 bits per heavy atom. The van der Waals surface area contributed by atoms with Gasteiger partial charge in [0.05, 0.1) is 13.3 Å². The number of hydrazone groups is 1. The average Bonchev–Trinajstić information content (AvgIpc) is 2.70. The molecule has 0 saturated heterocycles. The van der Waals surface area contributed by atoms with Crippen molar-refractivity contribution in [2.24, 2.45) is 5.10 Å². The highest BCUT2D eigenvalue weighted by Gasteiger charge is 2.09.